The fourth-order valence-corrected chi connectivity index (χ4v) is 1.90. The molecule has 2 N–H and O–H groups in total. The summed E-state index contributed by atoms with van der Waals surface area (Å²) < 4.78 is 7.21. The van der Waals surface area contributed by atoms with Crippen molar-refractivity contribution in [3.05, 3.63) is 17.5 Å². The van der Waals surface area contributed by atoms with E-state index in [0.717, 1.165) is 31.0 Å². The van der Waals surface area contributed by atoms with E-state index in [9.17, 15) is 0 Å². The van der Waals surface area contributed by atoms with Gasteiger partial charge in [0.05, 0.1) is 18.0 Å². The third-order valence-electron chi connectivity index (χ3n) is 2.75. The van der Waals surface area contributed by atoms with Crippen molar-refractivity contribution in [2.24, 2.45) is 12.8 Å². The lowest BCUT2D eigenvalue weighted by molar-refractivity contribution is 0.193. The van der Waals surface area contributed by atoms with Crippen molar-refractivity contribution in [2.75, 3.05) is 13.2 Å². The second-order valence-electron chi connectivity index (χ2n) is 3.97. The highest BCUT2D eigenvalue weighted by molar-refractivity contribution is 5.17. The Morgan fingerprint density at radius 1 is 1.71 bits per heavy atom. The van der Waals surface area contributed by atoms with Crippen LogP contribution in [0.2, 0.25) is 0 Å². The van der Waals surface area contributed by atoms with Crippen molar-refractivity contribution in [3.8, 4) is 0 Å². The molecule has 0 amide bonds. The van der Waals surface area contributed by atoms with Gasteiger partial charge in [-0.3, -0.25) is 4.68 Å². The Kier molecular flexibility index (Phi) is 2.56. The highest BCUT2D eigenvalue weighted by atomic mass is 16.5. The van der Waals surface area contributed by atoms with Gasteiger partial charge in [-0.15, -0.1) is 0 Å². The topological polar surface area (TPSA) is 53.1 Å². The van der Waals surface area contributed by atoms with Crippen LogP contribution in [0, 0.1) is 0 Å². The fourth-order valence-electron chi connectivity index (χ4n) is 1.90. The van der Waals surface area contributed by atoms with Crippen LogP contribution in [0.1, 0.15) is 36.7 Å². The maximum absolute atomic E-state index is 5.83. The minimum absolute atomic E-state index is 0.0450. The van der Waals surface area contributed by atoms with Crippen LogP contribution in [0.25, 0.3) is 0 Å². The van der Waals surface area contributed by atoms with Crippen LogP contribution < -0.4 is 5.73 Å². The first-order valence-corrected chi connectivity index (χ1v) is 5.05. The molecule has 0 saturated carbocycles. The Labute approximate surface area is 84.0 Å². The number of nitrogens with two attached hydrogens (primary N) is 1. The number of ether oxygens (including phenoxy) is 1. The van der Waals surface area contributed by atoms with Crippen LogP contribution in [-0.4, -0.2) is 23.0 Å². The minimum Gasteiger partial charge on any atom is -0.381 e. The van der Waals surface area contributed by atoms with Gasteiger partial charge in [0.15, 0.2) is 0 Å². The van der Waals surface area contributed by atoms with E-state index in [1.54, 1.807) is 0 Å². The average molecular weight is 195 g/mol. The lowest BCUT2D eigenvalue weighted by Gasteiger charge is -2.03. The van der Waals surface area contributed by atoms with E-state index in [2.05, 4.69) is 11.2 Å². The Balaban J connectivity index is 2.22. The predicted molar refractivity (Wildman–Crippen MR) is 54.0 cm³/mol. The molecular formula is C10H17N3O. The lowest BCUT2D eigenvalue weighted by Crippen LogP contribution is -2.10. The first-order chi connectivity index (χ1) is 6.68. The normalized spacial score (nSPS) is 24.1. The van der Waals surface area contributed by atoms with Crippen molar-refractivity contribution in [3.63, 3.8) is 0 Å². The summed E-state index contributed by atoms with van der Waals surface area (Å²) in [6.07, 6.45) is 1.08. The number of hydrogen-bond donors (Lipinski definition) is 1. The van der Waals surface area contributed by atoms with Gasteiger partial charge in [0, 0.05) is 25.6 Å². The van der Waals surface area contributed by atoms with Crippen LogP contribution in [0.3, 0.4) is 0 Å². The second-order valence-corrected chi connectivity index (χ2v) is 3.97. The Hall–Kier alpha value is -0.870. The molecular weight excluding hydrogens is 178 g/mol. The maximum atomic E-state index is 5.83. The van der Waals surface area contributed by atoms with Gasteiger partial charge in [-0.1, -0.05) is 0 Å². The summed E-state index contributed by atoms with van der Waals surface area (Å²) in [5.74, 6) is 0.466. The van der Waals surface area contributed by atoms with Crippen molar-refractivity contribution >= 4 is 0 Å². The molecule has 0 aromatic carbocycles. The van der Waals surface area contributed by atoms with Gasteiger partial charge in [0.25, 0.3) is 0 Å². The Morgan fingerprint density at radius 3 is 3.00 bits per heavy atom. The molecule has 0 aliphatic carbocycles. The van der Waals surface area contributed by atoms with E-state index in [0.29, 0.717) is 5.92 Å². The fraction of sp³-hybridized carbons (Fsp3) is 0.700. The zero-order valence-corrected chi connectivity index (χ0v) is 8.73. The molecule has 1 aliphatic rings. The van der Waals surface area contributed by atoms with Gasteiger partial charge in [0.2, 0.25) is 0 Å². The van der Waals surface area contributed by atoms with Crippen LogP contribution in [0.15, 0.2) is 6.07 Å². The molecule has 4 nitrogen and oxygen atoms in total. The first kappa shape index (κ1) is 9.68. The second kappa shape index (κ2) is 3.71. The smallest absolute Gasteiger partial charge is 0.0682 e. The monoisotopic (exact) mass is 195 g/mol. The highest BCUT2D eigenvalue weighted by Crippen LogP contribution is 2.25. The zero-order chi connectivity index (χ0) is 10.1. The number of aryl methyl sites for hydroxylation is 1. The summed E-state index contributed by atoms with van der Waals surface area (Å²) in [4.78, 5) is 0. The molecule has 2 heterocycles. The molecule has 2 unspecified atom stereocenters. The Morgan fingerprint density at radius 2 is 2.50 bits per heavy atom. The van der Waals surface area contributed by atoms with E-state index in [1.807, 2.05) is 18.7 Å². The van der Waals surface area contributed by atoms with Crippen molar-refractivity contribution in [1.82, 2.24) is 9.78 Å². The summed E-state index contributed by atoms with van der Waals surface area (Å²) in [6, 6.07) is 2.15. The highest BCUT2D eigenvalue weighted by Gasteiger charge is 2.21. The molecule has 0 spiro atoms. The van der Waals surface area contributed by atoms with Crippen molar-refractivity contribution in [1.29, 1.82) is 0 Å². The average Bonchev–Trinajstić information content (AvgIpc) is 2.70. The zero-order valence-electron chi connectivity index (χ0n) is 8.73. The van der Waals surface area contributed by atoms with Gasteiger partial charge >= 0.3 is 0 Å². The molecule has 0 radical (unpaired) electrons. The lowest BCUT2D eigenvalue weighted by atomic mass is 10.0. The summed E-state index contributed by atoms with van der Waals surface area (Å²) in [6.45, 7) is 3.64. The quantitative estimate of drug-likeness (QED) is 0.764. The summed E-state index contributed by atoms with van der Waals surface area (Å²) >= 11 is 0. The van der Waals surface area contributed by atoms with Gasteiger partial charge in [-0.2, -0.15) is 5.10 Å². The predicted octanol–water partition coefficient (Wildman–Crippen LogP) is 0.944. The van der Waals surface area contributed by atoms with E-state index in [-0.39, 0.29) is 6.04 Å². The molecule has 0 bridgehead atoms. The molecule has 1 aliphatic heterocycles. The van der Waals surface area contributed by atoms with Crippen LogP contribution in [0.5, 0.6) is 0 Å². The molecule has 4 heteroatoms. The number of nitrogens with zero attached hydrogens (tertiary/aromatic N) is 2. The largest absolute Gasteiger partial charge is 0.381 e. The molecule has 14 heavy (non-hydrogen) atoms. The third kappa shape index (κ3) is 1.67. The minimum atomic E-state index is 0.0450. The number of aromatic nitrogens is 2. The Bertz CT molecular complexity index is 313. The van der Waals surface area contributed by atoms with Crippen molar-refractivity contribution < 1.29 is 4.74 Å². The van der Waals surface area contributed by atoms with E-state index >= 15 is 0 Å². The molecule has 1 aromatic rings. The SMILES string of the molecule is CC(N)c1cc(C2CCOC2)nn1C. The van der Waals surface area contributed by atoms with Gasteiger partial charge < -0.3 is 10.5 Å². The van der Waals surface area contributed by atoms with Gasteiger partial charge in [-0.05, 0) is 19.4 Å². The van der Waals surface area contributed by atoms with Crippen LogP contribution >= 0.6 is 0 Å². The van der Waals surface area contributed by atoms with Crippen molar-refractivity contribution in [2.45, 2.75) is 25.3 Å². The maximum Gasteiger partial charge on any atom is 0.0682 e. The van der Waals surface area contributed by atoms with Gasteiger partial charge in [0.1, 0.15) is 0 Å². The molecule has 2 rings (SSSR count). The standard InChI is InChI=1S/C10H17N3O/c1-7(11)10-5-9(12-13(10)2)8-3-4-14-6-8/h5,7-8H,3-4,6,11H2,1-2H3. The molecule has 1 saturated heterocycles. The number of hydrogen-bond acceptors (Lipinski definition) is 3. The summed E-state index contributed by atoms with van der Waals surface area (Å²) in [5, 5.41) is 4.47. The van der Waals surface area contributed by atoms with Gasteiger partial charge in [-0.25, -0.2) is 0 Å². The molecule has 1 fully saturated rings. The van der Waals surface area contributed by atoms with E-state index in [1.165, 1.54) is 0 Å². The van der Waals surface area contributed by atoms with Crippen LogP contribution in [-0.2, 0) is 11.8 Å². The summed E-state index contributed by atoms with van der Waals surface area (Å²) in [7, 11) is 1.94. The van der Waals surface area contributed by atoms with E-state index < -0.39 is 0 Å². The molecule has 78 valence electrons. The molecule has 1 aromatic heterocycles. The number of rotatable bonds is 2. The molecule has 2 atom stereocenters. The van der Waals surface area contributed by atoms with Crippen LogP contribution in [0.4, 0.5) is 0 Å². The van der Waals surface area contributed by atoms with E-state index in [4.69, 9.17) is 10.5 Å². The third-order valence-corrected chi connectivity index (χ3v) is 2.75. The summed E-state index contributed by atoms with van der Waals surface area (Å²) in [5.41, 5.74) is 8.05. The first-order valence-electron chi connectivity index (χ1n) is 5.05.